The van der Waals surface area contributed by atoms with E-state index in [2.05, 4.69) is 22.4 Å². The van der Waals surface area contributed by atoms with Crippen LogP contribution in [0.2, 0.25) is 0 Å². The largest absolute Gasteiger partial charge is 0.361 e. The van der Waals surface area contributed by atoms with Gasteiger partial charge in [0.05, 0.1) is 5.69 Å². The van der Waals surface area contributed by atoms with Gasteiger partial charge in [-0.15, -0.1) is 0 Å². The van der Waals surface area contributed by atoms with E-state index in [0.717, 1.165) is 31.0 Å². The van der Waals surface area contributed by atoms with E-state index in [1.54, 1.807) is 0 Å². The average Bonchev–Trinajstić information content (AvgIpc) is 2.88. The fourth-order valence-electron chi connectivity index (χ4n) is 2.54. The molecule has 1 aromatic rings. The molecule has 1 N–H and O–H groups in total. The van der Waals surface area contributed by atoms with Crippen LogP contribution in [0.5, 0.6) is 0 Å². The van der Waals surface area contributed by atoms with Gasteiger partial charge in [-0.25, -0.2) is 0 Å². The lowest BCUT2D eigenvalue weighted by Gasteiger charge is -2.20. The zero-order valence-corrected chi connectivity index (χ0v) is 11.1. The summed E-state index contributed by atoms with van der Waals surface area (Å²) in [5, 5.41) is 7.52. The molecule has 1 aromatic heterocycles. The van der Waals surface area contributed by atoms with Crippen molar-refractivity contribution >= 4 is 0 Å². The van der Waals surface area contributed by atoms with Crippen molar-refractivity contribution in [3.8, 4) is 0 Å². The van der Waals surface area contributed by atoms with E-state index in [1.807, 2.05) is 13.8 Å². The molecule has 0 amide bonds. The molecule has 1 aliphatic heterocycles. The van der Waals surface area contributed by atoms with Crippen LogP contribution in [-0.4, -0.2) is 42.8 Å². The monoisotopic (exact) mass is 237 g/mol. The molecule has 1 atom stereocenters. The molecule has 2 rings (SSSR count). The summed E-state index contributed by atoms with van der Waals surface area (Å²) in [6.45, 7) is 7.41. The molecule has 4 nitrogen and oxygen atoms in total. The fraction of sp³-hybridized carbons (Fsp3) is 0.769. The third-order valence-corrected chi connectivity index (χ3v) is 3.62. The van der Waals surface area contributed by atoms with Crippen molar-refractivity contribution in [2.45, 2.75) is 39.2 Å². The number of hydrogen-bond acceptors (Lipinski definition) is 4. The van der Waals surface area contributed by atoms with Crippen molar-refractivity contribution < 1.29 is 4.52 Å². The molecule has 0 aliphatic carbocycles. The van der Waals surface area contributed by atoms with Crippen molar-refractivity contribution in [3.05, 3.63) is 17.0 Å². The molecular weight excluding hydrogens is 214 g/mol. The van der Waals surface area contributed by atoms with E-state index in [0.29, 0.717) is 6.04 Å². The summed E-state index contributed by atoms with van der Waals surface area (Å²) in [7, 11) is 2.19. The minimum atomic E-state index is 0.685. The van der Waals surface area contributed by atoms with Gasteiger partial charge in [0, 0.05) is 24.7 Å². The number of nitrogens with one attached hydrogen (secondary N) is 1. The van der Waals surface area contributed by atoms with Crippen LogP contribution in [0.3, 0.4) is 0 Å². The fourth-order valence-corrected chi connectivity index (χ4v) is 2.54. The Hall–Kier alpha value is -0.870. The molecule has 0 spiro atoms. The van der Waals surface area contributed by atoms with E-state index in [4.69, 9.17) is 4.52 Å². The number of nitrogens with zero attached hydrogens (tertiary/aromatic N) is 2. The summed E-state index contributed by atoms with van der Waals surface area (Å²) in [6.07, 6.45) is 3.67. The number of aromatic nitrogens is 1. The molecule has 1 saturated heterocycles. The molecule has 1 aliphatic rings. The van der Waals surface area contributed by atoms with Crippen LogP contribution in [0.15, 0.2) is 4.52 Å². The standard InChI is InChI=1S/C13H23N3O/c1-10-13(11(2)17-15-10)6-8-16(3)9-12-5-4-7-14-12/h12,14H,4-9H2,1-3H3. The molecule has 4 heteroatoms. The summed E-state index contributed by atoms with van der Waals surface area (Å²) < 4.78 is 5.18. The van der Waals surface area contributed by atoms with E-state index in [1.165, 1.54) is 24.9 Å². The third-order valence-electron chi connectivity index (χ3n) is 3.62. The highest BCUT2D eigenvalue weighted by Crippen LogP contribution is 2.13. The second-order valence-corrected chi connectivity index (χ2v) is 5.11. The summed E-state index contributed by atoms with van der Waals surface area (Å²) in [5.74, 6) is 0.967. The maximum Gasteiger partial charge on any atom is 0.137 e. The van der Waals surface area contributed by atoms with E-state index < -0.39 is 0 Å². The van der Waals surface area contributed by atoms with Crippen molar-refractivity contribution in [2.24, 2.45) is 0 Å². The maximum absolute atomic E-state index is 5.18. The molecule has 1 fully saturated rings. The highest BCUT2D eigenvalue weighted by atomic mass is 16.5. The van der Waals surface area contributed by atoms with Crippen LogP contribution >= 0.6 is 0 Å². The molecule has 0 saturated carbocycles. The van der Waals surface area contributed by atoms with Gasteiger partial charge in [0.2, 0.25) is 0 Å². The van der Waals surface area contributed by atoms with Crippen LogP contribution in [0.4, 0.5) is 0 Å². The average molecular weight is 237 g/mol. The van der Waals surface area contributed by atoms with Gasteiger partial charge in [0.25, 0.3) is 0 Å². The van der Waals surface area contributed by atoms with Crippen LogP contribution in [0.25, 0.3) is 0 Å². The molecule has 0 aromatic carbocycles. The van der Waals surface area contributed by atoms with Crippen molar-refractivity contribution in [1.29, 1.82) is 0 Å². The van der Waals surface area contributed by atoms with Gasteiger partial charge in [-0.1, -0.05) is 5.16 Å². The van der Waals surface area contributed by atoms with Gasteiger partial charge in [-0.3, -0.25) is 0 Å². The van der Waals surface area contributed by atoms with Crippen molar-refractivity contribution in [2.75, 3.05) is 26.7 Å². The van der Waals surface area contributed by atoms with Crippen LogP contribution in [0, 0.1) is 13.8 Å². The maximum atomic E-state index is 5.18. The Labute approximate surface area is 103 Å². The minimum absolute atomic E-state index is 0.685. The van der Waals surface area contributed by atoms with Crippen molar-refractivity contribution in [3.63, 3.8) is 0 Å². The number of hydrogen-bond donors (Lipinski definition) is 1. The van der Waals surface area contributed by atoms with Crippen LogP contribution < -0.4 is 5.32 Å². The van der Waals surface area contributed by atoms with Gasteiger partial charge in [-0.05, 0) is 46.7 Å². The highest BCUT2D eigenvalue weighted by Gasteiger charge is 2.16. The number of rotatable bonds is 5. The minimum Gasteiger partial charge on any atom is -0.361 e. The van der Waals surface area contributed by atoms with Gasteiger partial charge in [-0.2, -0.15) is 0 Å². The van der Waals surface area contributed by atoms with Crippen molar-refractivity contribution in [1.82, 2.24) is 15.4 Å². The molecule has 1 unspecified atom stereocenters. The quantitative estimate of drug-likeness (QED) is 0.843. The lowest BCUT2D eigenvalue weighted by molar-refractivity contribution is 0.303. The molecule has 96 valence electrons. The van der Waals surface area contributed by atoms with E-state index >= 15 is 0 Å². The predicted molar refractivity (Wildman–Crippen MR) is 68.2 cm³/mol. The van der Waals surface area contributed by atoms with Gasteiger partial charge < -0.3 is 14.7 Å². The zero-order valence-electron chi connectivity index (χ0n) is 11.1. The van der Waals surface area contributed by atoms with Gasteiger partial charge in [0.1, 0.15) is 5.76 Å². The van der Waals surface area contributed by atoms with E-state index in [9.17, 15) is 0 Å². The second kappa shape index (κ2) is 5.65. The van der Waals surface area contributed by atoms with E-state index in [-0.39, 0.29) is 0 Å². The predicted octanol–water partition coefficient (Wildman–Crippen LogP) is 1.52. The SMILES string of the molecule is Cc1noc(C)c1CCN(C)CC1CCCN1. The zero-order chi connectivity index (χ0) is 12.3. The molecule has 17 heavy (non-hydrogen) atoms. The Kier molecular flexibility index (Phi) is 4.18. The number of aryl methyl sites for hydroxylation is 2. The summed E-state index contributed by atoms with van der Waals surface area (Å²) in [5.41, 5.74) is 2.31. The lowest BCUT2D eigenvalue weighted by Crippen LogP contribution is -2.36. The molecular formula is C13H23N3O. The Balaban J connectivity index is 1.77. The summed E-state index contributed by atoms with van der Waals surface area (Å²) in [4.78, 5) is 2.40. The van der Waals surface area contributed by atoms with Crippen LogP contribution in [0.1, 0.15) is 29.9 Å². The van der Waals surface area contributed by atoms with Gasteiger partial charge >= 0.3 is 0 Å². The normalized spacial score (nSPS) is 20.4. The van der Waals surface area contributed by atoms with Crippen LogP contribution in [-0.2, 0) is 6.42 Å². The Morgan fingerprint density at radius 2 is 2.29 bits per heavy atom. The Bertz CT molecular complexity index is 336. The first-order valence-corrected chi connectivity index (χ1v) is 6.50. The molecule has 0 bridgehead atoms. The molecule has 2 heterocycles. The second-order valence-electron chi connectivity index (χ2n) is 5.11. The van der Waals surface area contributed by atoms with Gasteiger partial charge in [0.15, 0.2) is 0 Å². The summed E-state index contributed by atoms with van der Waals surface area (Å²) >= 11 is 0. The summed E-state index contributed by atoms with van der Waals surface area (Å²) in [6, 6.07) is 0.685. The smallest absolute Gasteiger partial charge is 0.137 e. The number of likely N-dealkylation sites (N-methyl/N-ethyl adjacent to an activating group) is 1. The lowest BCUT2D eigenvalue weighted by atomic mass is 10.1. The highest BCUT2D eigenvalue weighted by molar-refractivity contribution is 5.20. The Morgan fingerprint density at radius 1 is 1.47 bits per heavy atom. The third kappa shape index (κ3) is 3.30. The Morgan fingerprint density at radius 3 is 2.88 bits per heavy atom. The first kappa shape index (κ1) is 12.6. The molecule has 0 radical (unpaired) electrons. The first-order valence-electron chi connectivity index (χ1n) is 6.50. The topological polar surface area (TPSA) is 41.3 Å². The first-order chi connectivity index (χ1) is 8.16.